The number of aliphatic imine (C=N–C) groups is 1. The second-order valence-electron chi connectivity index (χ2n) is 6.78. The Hall–Kier alpha value is -0.880. The van der Waals surface area contributed by atoms with Crippen molar-refractivity contribution in [3.05, 3.63) is 20.3 Å². The minimum absolute atomic E-state index is 0.00844. The van der Waals surface area contributed by atoms with Crippen molar-refractivity contribution in [2.75, 3.05) is 13.3 Å². The van der Waals surface area contributed by atoms with E-state index in [0.29, 0.717) is 0 Å². The van der Waals surface area contributed by atoms with Crippen molar-refractivity contribution < 1.29 is 9.53 Å². The number of hydrogen-bond acceptors (Lipinski definition) is 5. The third-order valence-corrected chi connectivity index (χ3v) is 5.99. The lowest BCUT2D eigenvalue weighted by molar-refractivity contribution is 0.0509. The standard InChI is InChI=1S/C18H30N2O2S2/c1-9-13(23-8)16-15(19-7)12(3)14(24-16)10-11(2)20-17(21)22-18(4,5)6/h11H,9-10H2,1-8H3,(H,20,21)/b16-13-,19-15?/t11-/m0/s1. The summed E-state index contributed by atoms with van der Waals surface area (Å²) in [5, 5.41) is 2.92. The number of thioether (sulfide) groups is 2. The smallest absolute Gasteiger partial charge is 0.407 e. The molecule has 0 fully saturated rings. The molecule has 0 aromatic rings. The maximum atomic E-state index is 11.9. The summed E-state index contributed by atoms with van der Waals surface area (Å²) in [6.07, 6.45) is 3.53. The molecular formula is C18H30N2O2S2. The Bertz CT molecular complexity index is 566. The minimum Gasteiger partial charge on any atom is -0.444 e. The van der Waals surface area contributed by atoms with E-state index in [-0.39, 0.29) is 12.1 Å². The number of allylic oxidation sites excluding steroid dienone is 3. The SMILES string of the molecule is CC/C(SC)=C1/SC(C[C@H](C)NC(=O)OC(C)(C)C)=C(C)C1=NC. The molecule has 1 rings (SSSR count). The topological polar surface area (TPSA) is 50.7 Å². The van der Waals surface area contributed by atoms with Crippen LogP contribution in [0.4, 0.5) is 4.79 Å². The number of ether oxygens (including phenoxy) is 1. The average Bonchev–Trinajstić information content (AvgIpc) is 2.74. The van der Waals surface area contributed by atoms with Crippen LogP contribution in [0.5, 0.6) is 0 Å². The Morgan fingerprint density at radius 1 is 1.42 bits per heavy atom. The maximum Gasteiger partial charge on any atom is 0.407 e. The van der Waals surface area contributed by atoms with E-state index in [1.165, 1.54) is 20.3 Å². The second kappa shape index (κ2) is 8.99. The molecule has 1 atom stereocenters. The molecule has 4 nitrogen and oxygen atoms in total. The van der Waals surface area contributed by atoms with Crippen molar-refractivity contribution in [2.45, 2.75) is 66.0 Å². The fourth-order valence-electron chi connectivity index (χ4n) is 2.44. The van der Waals surface area contributed by atoms with Gasteiger partial charge in [0.2, 0.25) is 0 Å². The lowest BCUT2D eigenvalue weighted by Gasteiger charge is -2.22. The monoisotopic (exact) mass is 370 g/mol. The summed E-state index contributed by atoms with van der Waals surface area (Å²) < 4.78 is 5.33. The minimum atomic E-state index is -0.479. The predicted octanol–water partition coefficient (Wildman–Crippen LogP) is 5.37. The van der Waals surface area contributed by atoms with Gasteiger partial charge in [-0.05, 0) is 64.2 Å². The van der Waals surface area contributed by atoms with E-state index in [0.717, 1.165) is 18.6 Å². The van der Waals surface area contributed by atoms with Gasteiger partial charge < -0.3 is 10.1 Å². The van der Waals surface area contributed by atoms with Crippen molar-refractivity contribution >= 4 is 35.3 Å². The van der Waals surface area contributed by atoms with Crippen LogP contribution >= 0.6 is 23.5 Å². The van der Waals surface area contributed by atoms with Gasteiger partial charge in [-0.25, -0.2) is 4.79 Å². The van der Waals surface area contributed by atoms with Crippen LogP contribution in [0, 0.1) is 0 Å². The Morgan fingerprint density at radius 2 is 2.04 bits per heavy atom. The molecular weight excluding hydrogens is 340 g/mol. The lowest BCUT2D eigenvalue weighted by atomic mass is 10.1. The zero-order chi connectivity index (χ0) is 18.5. The highest BCUT2D eigenvalue weighted by Crippen LogP contribution is 2.45. The molecule has 0 saturated heterocycles. The van der Waals surface area contributed by atoms with E-state index in [1.54, 1.807) is 23.5 Å². The summed E-state index contributed by atoms with van der Waals surface area (Å²) in [5.41, 5.74) is 1.83. The van der Waals surface area contributed by atoms with Crippen LogP contribution in [-0.4, -0.2) is 36.8 Å². The zero-order valence-corrected chi connectivity index (χ0v) is 17.7. The highest BCUT2D eigenvalue weighted by molar-refractivity contribution is 8.10. The highest BCUT2D eigenvalue weighted by Gasteiger charge is 2.27. The second-order valence-corrected chi connectivity index (χ2v) is 8.79. The Kier molecular flexibility index (Phi) is 7.93. The third kappa shape index (κ3) is 5.88. The predicted molar refractivity (Wildman–Crippen MR) is 108 cm³/mol. The Labute approximate surface area is 155 Å². The molecule has 1 heterocycles. The van der Waals surface area contributed by atoms with Crippen LogP contribution in [0.25, 0.3) is 0 Å². The van der Waals surface area contributed by atoms with E-state index in [9.17, 15) is 4.79 Å². The molecule has 0 unspecified atom stereocenters. The number of amides is 1. The van der Waals surface area contributed by atoms with Crippen molar-refractivity contribution in [3.8, 4) is 0 Å². The van der Waals surface area contributed by atoms with Gasteiger partial charge in [0.25, 0.3) is 0 Å². The number of hydrogen-bond donors (Lipinski definition) is 1. The third-order valence-electron chi connectivity index (χ3n) is 3.51. The lowest BCUT2D eigenvalue weighted by Crippen LogP contribution is -2.37. The summed E-state index contributed by atoms with van der Waals surface area (Å²) >= 11 is 3.58. The molecule has 0 spiro atoms. The number of alkyl carbamates (subject to hydrolysis) is 1. The fraction of sp³-hybridized carbons (Fsp3) is 0.667. The molecule has 1 N–H and O–H groups in total. The first-order valence-electron chi connectivity index (χ1n) is 8.24. The molecule has 136 valence electrons. The van der Waals surface area contributed by atoms with Crippen LogP contribution in [0.2, 0.25) is 0 Å². The summed E-state index contributed by atoms with van der Waals surface area (Å²) in [4.78, 5) is 20.3. The number of carbonyl (C=O) groups excluding carboxylic acids is 1. The van der Waals surface area contributed by atoms with Crippen LogP contribution in [0.1, 0.15) is 54.4 Å². The first-order valence-corrected chi connectivity index (χ1v) is 10.3. The summed E-state index contributed by atoms with van der Waals surface area (Å²) in [7, 11) is 1.85. The molecule has 1 amide bonds. The van der Waals surface area contributed by atoms with E-state index in [4.69, 9.17) is 4.74 Å². The Balaban J connectivity index is 2.83. The van der Waals surface area contributed by atoms with Crippen molar-refractivity contribution in [2.24, 2.45) is 4.99 Å². The van der Waals surface area contributed by atoms with Crippen molar-refractivity contribution in [1.82, 2.24) is 5.32 Å². The first-order chi connectivity index (χ1) is 11.1. The van der Waals surface area contributed by atoms with Gasteiger partial charge >= 0.3 is 6.09 Å². The fourth-order valence-corrected chi connectivity index (χ4v) is 4.81. The average molecular weight is 371 g/mol. The summed E-state index contributed by atoms with van der Waals surface area (Å²) in [6.45, 7) is 11.9. The van der Waals surface area contributed by atoms with Gasteiger partial charge in [-0.2, -0.15) is 0 Å². The number of nitrogens with one attached hydrogen (secondary N) is 1. The molecule has 1 aliphatic rings. The van der Waals surface area contributed by atoms with Crippen molar-refractivity contribution in [3.63, 3.8) is 0 Å². The molecule has 0 saturated carbocycles. The quantitative estimate of drug-likeness (QED) is 0.707. The number of nitrogens with zero attached hydrogens (tertiary/aromatic N) is 1. The van der Waals surface area contributed by atoms with Gasteiger partial charge in [0.05, 0.1) is 5.71 Å². The zero-order valence-electron chi connectivity index (χ0n) is 16.1. The van der Waals surface area contributed by atoms with Crippen molar-refractivity contribution in [1.29, 1.82) is 0 Å². The van der Waals surface area contributed by atoms with Gasteiger partial charge in [-0.1, -0.05) is 18.7 Å². The first kappa shape index (κ1) is 21.2. The normalized spacial score (nSPS) is 20.4. The molecule has 6 heteroatoms. The van der Waals surface area contributed by atoms with E-state index in [2.05, 4.69) is 30.4 Å². The molecule has 0 aliphatic carbocycles. The summed E-state index contributed by atoms with van der Waals surface area (Å²) in [5.74, 6) is 0. The molecule has 0 aromatic carbocycles. The van der Waals surface area contributed by atoms with Crippen LogP contribution < -0.4 is 5.32 Å². The molecule has 0 radical (unpaired) electrons. The summed E-state index contributed by atoms with van der Waals surface area (Å²) in [6, 6.07) is 0.00844. The van der Waals surface area contributed by atoms with E-state index >= 15 is 0 Å². The van der Waals surface area contributed by atoms with Crippen LogP contribution in [0.15, 0.2) is 25.3 Å². The van der Waals surface area contributed by atoms with Gasteiger partial charge in [0.15, 0.2) is 0 Å². The van der Waals surface area contributed by atoms with Gasteiger partial charge in [0, 0.05) is 22.9 Å². The molecule has 0 aromatic heterocycles. The molecule has 1 aliphatic heterocycles. The number of rotatable bonds is 5. The maximum absolute atomic E-state index is 11.9. The largest absolute Gasteiger partial charge is 0.444 e. The molecule has 24 heavy (non-hydrogen) atoms. The molecule has 0 bridgehead atoms. The van der Waals surface area contributed by atoms with E-state index in [1.807, 2.05) is 34.7 Å². The number of carbonyl (C=O) groups is 1. The highest BCUT2D eigenvalue weighted by atomic mass is 32.2. The Morgan fingerprint density at radius 3 is 2.50 bits per heavy atom. The van der Waals surface area contributed by atoms with Gasteiger partial charge in [-0.3, -0.25) is 4.99 Å². The van der Waals surface area contributed by atoms with Gasteiger partial charge in [-0.15, -0.1) is 11.8 Å². The van der Waals surface area contributed by atoms with E-state index < -0.39 is 5.60 Å². The van der Waals surface area contributed by atoms with Crippen LogP contribution in [-0.2, 0) is 4.74 Å². The van der Waals surface area contributed by atoms with Crippen LogP contribution in [0.3, 0.4) is 0 Å². The van der Waals surface area contributed by atoms with Gasteiger partial charge in [0.1, 0.15) is 5.60 Å².